The van der Waals surface area contributed by atoms with Gasteiger partial charge in [-0.2, -0.15) is 13.5 Å². The number of likely N-dealkylation sites (tertiary alicyclic amines) is 1. The van der Waals surface area contributed by atoms with Gasteiger partial charge in [0.2, 0.25) is 6.41 Å². The Bertz CT molecular complexity index is 670. The molecule has 25 heavy (non-hydrogen) atoms. The highest BCUT2D eigenvalue weighted by atomic mass is 32.3. The highest BCUT2D eigenvalue weighted by molar-refractivity contribution is 7.80. The molecule has 0 aromatic rings. The van der Waals surface area contributed by atoms with Gasteiger partial charge in [-0.15, -0.1) is 4.28 Å². The van der Waals surface area contributed by atoms with Crippen LogP contribution in [0.5, 0.6) is 0 Å². The molecule has 3 aliphatic heterocycles. The maximum atomic E-state index is 12.3. The fraction of sp³-hybridized carbons (Fsp3) is 0.750. The van der Waals surface area contributed by atoms with Gasteiger partial charge in [-0.3, -0.25) is 19.0 Å². The molecule has 2 bridgehead atoms. The monoisotopic (exact) mass is 378 g/mol. The molecule has 0 spiro atoms. The fourth-order valence-electron chi connectivity index (χ4n) is 3.26. The van der Waals surface area contributed by atoms with Gasteiger partial charge in [0.15, 0.2) is 0 Å². The highest BCUT2D eigenvalue weighted by Gasteiger charge is 2.49. The summed E-state index contributed by atoms with van der Waals surface area (Å²) in [5.41, 5.74) is 2.30. The minimum absolute atomic E-state index is 0.106. The summed E-state index contributed by atoms with van der Waals surface area (Å²) < 4.78 is 34.7. The van der Waals surface area contributed by atoms with Crippen LogP contribution < -0.4 is 5.48 Å². The minimum atomic E-state index is -4.83. The van der Waals surface area contributed by atoms with Crippen molar-refractivity contribution in [2.24, 2.45) is 0 Å². The molecule has 0 saturated carbocycles. The molecule has 3 fully saturated rings. The maximum absolute atomic E-state index is 12.3. The molecule has 0 radical (unpaired) electrons. The van der Waals surface area contributed by atoms with E-state index in [0.717, 1.165) is 0 Å². The van der Waals surface area contributed by atoms with Crippen molar-refractivity contribution < 1.29 is 36.5 Å². The Morgan fingerprint density at radius 2 is 2.04 bits per heavy atom. The van der Waals surface area contributed by atoms with Gasteiger partial charge < -0.3 is 9.80 Å². The number of rotatable bonds is 6. The first-order chi connectivity index (χ1) is 11.8. The van der Waals surface area contributed by atoms with E-state index in [0.29, 0.717) is 43.8 Å². The Labute approximate surface area is 143 Å². The number of piperidine rings is 1. The average Bonchev–Trinajstić information content (AvgIpc) is 3.11. The summed E-state index contributed by atoms with van der Waals surface area (Å²) in [6, 6.07) is -2.20. The predicted octanol–water partition coefficient (Wildman–Crippen LogP) is -1.73. The first-order valence-corrected chi connectivity index (χ1v) is 9.06. The lowest BCUT2D eigenvalue weighted by atomic mass is 10.0. The molecule has 4 amide bonds. The third-order valence-corrected chi connectivity index (χ3v) is 4.80. The van der Waals surface area contributed by atoms with Gasteiger partial charge in [0.1, 0.15) is 12.1 Å². The normalized spacial score (nSPS) is 29.2. The summed E-state index contributed by atoms with van der Waals surface area (Å²) in [5, 5.41) is 0.572. The average molecular weight is 378 g/mol. The topological polar surface area (TPSA) is 146 Å². The molecule has 12 nitrogen and oxygen atoms in total. The number of urea groups is 1. The van der Waals surface area contributed by atoms with Crippen molar-refractivity contribution in [3.63, 3.8) is 0 Å². The zero-order chi connectivity index (χ0) is 18.2. The van der Waals surface area contributed by atoms with Crippen LogP contribution >= 0.6 is 0 Å². The molecular formula is C12H18N4O8S. The standard InChI is InChI=1S/C12H18N4O8S/c17-7-14-4-3-9(6-14)23-13-11(18)10-2-1-8-5-15(10)12(19)16(8)24-25(20,21)22/h7-10H,1-6H2,(H,13,18)(H,20,21,22)/t8-,9+,10+/m1/s1. The molecule has 3 rings (SSSR count). The number of hydroxylamine groups is 3. The van der Waals surface area contributed by atoms with E-state index in [1.807, 2.05) is 0 Å². The van der Waals surface area contributed by atoms with Crippen molar-refractivity contribution in [2.75, 3.05) is 19.6 Å². The molecule has 13 heteroatoms. The maximum Gasteiger partial charge on any atom is 0.418 e. The molecule has 0 aliphatic carbocycles. The van der Waals surface area contributed by atoms with Crippen LogP contribution in [-0.2, 0) is 29.1 Å². The number of nitrogens with one attached hydrogen (secondary N) is 1. The van der Waals surface area contributed by atoms with Gasteiger partial charge in [-0.25, -0.2) is 10.3 Å². The lowest BCUT2D eigenvalue weighted by molar-refractivity contribution is -0.143. The van der Waals surface area contributed by atoms with Gasteiger partial charge in [0, 0.05) is 19.6 Å². The van der Waals surface area contributed by atoms with E-state index < -0.39 is 34.4 Å². The number of fused-ring (bicyclic) bond motifs is 2. The van der Waals surface area contributed by atoms with Gasteiger partial charge >= 0.3 is 16.4 Å². The summed E-state index contributed by atoms with van der Waals surface area (Å²) >= 11 is 0. The van der Waals surface area contributed by atoms with Crippen molar-refractivity contribution in [3.05, 3.63) is 0 Å². The molecular weight excluding hydrogens is 360 g/mol. The van der Waals surface area contributed by atoms with E-state index in [-0.39, 0.29) is 12.6 Å². The van der Waals surface area contributed by atoms with Crippen molar-refractivity contribution >= 4 is 28.7 Å². The molecule has 2 N–H and O–H groups in total. The zero-order valence-electron chi connectivity index (χ0n) is 13.1. The van der Waals surface area contributed by atoms with Crippen molar-refractivity contribution in [3.8, 4) is 0 Å². The SMILES string of the molecule is O=CN1CC[C@H](ONC(=O)[C@@H]2CC[C@@H]3CN2C(=O)N3OS(=O)(=O)O)C1. The number of carbonyl (C=O) groups is 3. The second-order valence-electron chi connectivity index (χ2n) is 6.11. The summed E-state index contributed by atoms with van der Waals surface area (Å²) in [6.07, 6.45) is 1.60. The molecule has 0 aromatic carbocycles. The molecule has 0 aromatic heterocycles. The van der Waals surface area contributed by atoms with Crippen LogP contribution in [0.15, 0.2) is 0 Å². The smallest absolute Gasteiger partial charge is 0.342 e. The van der Waals surface area contributed by atoms with Gasteiger partial charge in [-0.05, 0) is 19.3 Å². The molecule has 140 valence electrons. The van der Waals surface area contributed by atoms with Crippen molar-refractivity contribution in [2.45, 2.75) is 37.5 Å². The Hall–Kier alpha value is -1.96. The van der Waals surface area contributed by atoms with Crippen LogP contribution in [0.1, 0.15) is 19.3 Å². The summed E-state index contributed by atoms with van der Waals surface area (Å²) in [6.45, 7) is 1.02. The summed E-state index contributed by atoms with van der Waals surface area (Å²) in [7, 11) is -4.83. The first kappa shape index (κ1) is 17.8. The predicted molar refractivity (Wildman–Crippen MR) is 78.7 cm³/mol. The highest BCUT2D eigenvalue weighted by Crippen LogP contribution is 2.30. The zero-order valence-corrected chi connectivity index (χ0v) is 13.9. The van der Waals surface area contributed by atoms with E-state index in [4.69, 9.17) is 9.39 Å². The van der Waals surface area contributed by atoms with E-state index >= 15 is 0 Å². The Morgan fingerprint density at radius 1 is 1.28 bits per heavy atom. The first-order valence-electron chi connectivity index (χ1n) is 7.70. The molecule has 3 atom stereocenters. The molecule has 3 heterocycles. The van der Waals surface area contributed by atoms with Crippen LogP contribution in [0.4, 0.5) is 4.79 Å². The molecule has 3 aliphatic rings. The Morgan fingerprint density at radius 3 is 2.68 bits per heavy atom. The van der Waals surface area contributed by atoms with E-state index in [1.54, 1.807) is 0 Å². The van der Waals surface area contributed by atoms with Crippen LogP contribution in [0.3, 0.4) is 0 Å². The number of hydrogen-bond acceptors (Lipinski definition) is 7. The van der Waals surface area contributed by atoms with E-state index in [2.05, 4.69) is 9.76 Å². The fourth-order valence-corrected chi connectivity index (χ4v) is 3.65. The van der Waals surface area contributed by atoms with Crippen LogP contribution in [0.2, 0.25) is 0 Å². The quantitative estimate of drug-likeness (QED) is 0.315. The number of nitrogens with zero attached hydrogens (tertiary/aromatic N) is 3. The lowest BCUT2D eigenvalue weighted by Gasteiger charge is -2.29. The second kappa shape index (κ2) is 6.74. The Balaban J connectivity index is 1.56. The third-order valence-electron chi connectivity index (χ3n) is 4.45. The summed E-state index contributed by atoms with van der Waals surface area (Å²) in [4.78, 5) is 43.1. The largest absolute Gasteiger partial charge is 0.418 e. The van der Waals surface area contributed by atoms with Crippen molar-refractivity contribution in [1.82, 2.24) is 20.3 Å². The van der Waals surface area contributed by atoms with Gasteiger partial charge in [0.25, 0.3) is 5.91 Å². The van der Waals surface area contributed by atoms with Gasteiger partial charge in [0.05, 0.1) is 6.04 Å². The van der Waals surface area contributed by atoms with Crippen molar-refractivity contribution in [1.29, 1.82) is 0 Å². The number of hydrogen-bond donors (Lipinski definition) is 2. The number of amides is 4. The molecule has 3 saturated heterocycles. The minimum Gasteiger partial charge on any atom is -0.342 e. The number of carbonyl (C=O) groups excluding carboxylic acids is 3. The van der Waals surface area contributed by atoms with E-state index in [1.165, 1.54) is 9.80 Å². The molecule has 0 unspecified atom stereocenters. The third kappa shape index (κ3) is 3.84. The van der Waals surface area contributed by atoms with Crippen LogP contribution in [0.25, 0.3) is 0 Å². The lowest BCUT2D eigenvalue weighted by Crippen LogP contribution is -2.50. The second-order valence-corrected chi connectivity index (χ2v) is 7.11. The van der Waals surface area contributed by atoms with Crippen LogP contribution in [-0.4, -0.2) is 84.0 Å². The Kier molecular flexibility index (Phi) is 4.81. The van der Waals surface area contributed by atoms with Crippen LogP contribution in [0, 0.1) is 0 Å². The van der Waals surface area contributed by atoms with E-state index in [9.17, 15) is 22.8 Å². The summed E-state index contributed by atoms with van der Waals surface area (Å²) in [5.74, 6) is -0.537. The van der Waals surface area contributed by atoms with Gasteiger partial charge in [-0.1, -0.05) is 0 Å².